The number of pyridine rings is 1. The second-order valence-electron chi connectivity index (χ2n) is 6.77. The van der Waals surface area contributed by atoms with Crippen molar-refractivity contribution in [2.45, 2.75) is 38.3 Å². The smallest absolute Gasteiger partial charge is 0.240 e. The Morgan fingerprint density at radius 3 is 2.70 bits per heavy atom. The molecule has 0 bridgehead atoms. The van der Waals surface area contributed by atoms with E-state index in [-0.39, 0.29) is 6.04 Å². The van der Waals surface area contributed by atoms with Gasteiger partial charge in [-0.15, -0.1) is 0 Å². The van der Waals surface area contributed by atoms with E-state index in [2.05, 4.69) is 32.8 Å². The van der Waals surface area contributed by atoms with Gasteiger partial charge in [0.05, 0.1) is 11.7 Å². The second-order valence-corrected chi connectivity index (χ2v) is 6.77. The van der Waals surface area contributed by atoms with Crippen LogP contribution in [0, 0.1) is 0 Å². The number of likely N-dealkylation sites (tertiary alicyclic amines) is 1. The van der Waals surface area contributed by atoms with Crippen LogP contribution in [-0.4, -0.2) is 71.4 Å². The summed E-state index contributed by atoms with van der Waals surface area (Å²) in [6.07, 6.45) is 6.52. The van der Waals surface area contributed by atoms with Crippen LogP contribution in [0.1, 0.15) is 31.4 Å². The molecule has 1 amide bonds. The fraction of sp³-hybridized carbons (Fsp3) is 0.667. The van der Waals surface area contributed by atoms with E-state index in [0.29, 0.717) is 5.91 Å². The number of carbonyl (C=O) groups is 1. The summed E-state index contributed by atoms with van der Waals surface area (Å²) in [6.45, 7) is 5.51. The number of rotatable bonds is 3. The minimum Gasteiger partial charge on any atom is -0.339 e. The van der Waals surface area contributed by atoms with Gasteiger partial charge in [-0.05, 0) is 38.6 Å². The number of hydrogen-bond donors (Lipinski definition) is 0. The quantitative estimate of drug-likeness (QED) is 0.849. The highest BCUT2D eigenvalue weighted by molar-refractivity contribution is 5.82. The standard InChI is InChI=1S/C18H28N4O/c1-20-10-6-2-3-8-17(20)18(23)22-13-11-21(12-14-22)15-16-7-4-5-9-19-16/h4-5,7,9,17H,2-3,6,8,10-15H2,1H3/t17-/m0/s1. The first-order chi connectivity index (χ1) is 11.2. The third-order valence-electron chi connectivity index (χ3n) is 5.10. The summed E-state index contributed by atoms with van der Waals surface area (Å²) < 4.78 is 0. The monoisotopic (exact) mass is 316 g/mol. The van der Waals surface area contributed by atoms with Crippen LogP contribution in [0.2, 0.25) is 0 Å². The Labute approximate surface area is 139 Å². The zero-order chi connectivity index (χ0) is 16.1. The lowest BCUT2D eigenvalue weighted by molar-refractivity contribution is -0.138. The fourth-order valence-corrected chi connectivity index (χ4v) is 3.62. The molecule has 2 aliphatic heterocycles. The average Bonchev–Trinajstić information content (AvgIpc) is 2.80. The summed E-state index contributed by atoms with van der Waals surface area (Å²) in [6, 6.07) is 6.14. The van der Waals surface area contributed by atoms with Crippen molar-refractivity contribution in [3.05, 3.63) is 30.1 Å². The maximum Gasteiger partial charge on any atom is 0.240 e. The molecule has 0 aromatic carbocycles. The number of likely N-dealkylation sites (N-methyl/N-ethyl adjacent to an activating group) is 1. The number of aromatic nitrogens is 1. The maximum atomic E-state index is 12.8. The number of hydrogen-bond acceptors (Lipinski definition) is 4. The van der Waals surface area contributed by atoms with Crippen molar-refractivity contribution in [3.8, 4) is 0 Å². The van der Waals surface area contributed by atoms with Gasteiger partial charge in [0.2, 0.25) is 5.91 Å². The molecule has 0 spiro atoms. The lowest BCUT2D eigenvalue weighted by atomic mass is 10.1. The molecule has 126 valence electrons. The van der Waals surface area contributed by atoms with Crippen LogP contribution >= 0.6 is 0 Å². The van der Waals surface area contributed by atoms with Crippen molar-refractivity contribution in [2.24, 2.45) is 0 Å². The Morgan fingerprint density at radius 1 is 1.13 bits per heavy atom. The summed E-state index contributed by atoms with van der Waals surface area (Å²) in [5, 5.41) is 0. The van der Waals surface area contributed by atoms with Gasteiger partial charge in [-0.1, -0.05) is 18.9 Å². The highest BCUT2D eigenvalue weighted by atomic mass is 16.2. The molecule has 0 N–H and O–H groups in total. The molecular weight excluding hydrogens is 288 g/mol. The molecule has 1 aromatic heterocycles. The topological polar surface area (TPSA) is 39.7 Å². The summed E-state index contributed by atoms with van der Waals surface area (Å²) in [7, 11) is 2.10. The normalized spacial score (nSPS) is 24.4. The molecule has 3 heterocycles. The SMILES string of the molecule is CN1CCCCC[C@H]1C(=O)N1CCN(Cc2ccccn2)CC1. The van der Waals surface area contributed by atoms with Crippen molar-refractivity contribution < 1.29 is 4.79 Å². The molecule has 3 rings (SSSR count). The van der Waals surface area contributed by atoms with E-state index in [4.69, 9.17) is 0 Å². The molecule has 2 aliphatic rings. The zero-order valence-electron chi connectivity index (χ0n) is 14.2. The summed E-state index contributed by atoms with van der Waals surface area (Å²) >= 11 is 0. The molecule has 2 saturated heterocycles. The van der Waals surface area contributed by atoms with Crippen LogP contribution in [0.3, 0.4) is 0 Å². The van der Waals surface area contributed by atoms with Gasteiger partial charge in [0, 0.05) is 38.9 Å². The predicted molar refractivity (Wildman–Crippen MR) is 91.0 cm³/mol. The predicted octanol–water partition coefficient (Wildman–Crippen LogP) is 1.60. The molecular formula is C18H28N4O. The van der Waals surface area contributed by atoms with Gasteiger partial charge in [0.15, 0.2) is 0 Å². The number of carbonyl (C=O) groups excluding carboxylic acids is 1. The average molecular weight is 316 g/mol. The molecule has 1 atom stereocenters. The van der Waals surface area contributed by atoms with Gasteiger partial charge in [-0.2, -0.15) is 0 Å². The van der Waals surface area contributed by atoms with Gasteiger partial charge in [-0.25, -0.2) is 0 Å². The molecule has 0 saturated carbocycles. The molecule has 0 unspecified atom stereocenters. The van der Waals surface area contributed by atoms with Crippen LogP contribution in [0.5, 0.6) is 0 Å². The van der Waals surface area contributed by atoms with E-state index in [1.807, 2.05) is 18.3 Å². The van der Waals surface area contributed by atoms with E-state index in [9.17, 15) is 4.79 Å². The molecule has 23 heavy (non-hydrogen) atoms. The Hall–Kier alpha value is -1.46. The first-order valence-corrected chi connectivity index (χ1v) is 8.85. The lowest BCUT2D eigenvalue weighted by Crippen LogP contribution is -2.54. The first kappa shape index (κ1) is 16.4. The zero-order valence-corrected chi connectivity index (χ0v) is 14.2. The van der Waals surface area contributed by atoms with Crippen molar-refractivity contribution in [1.29, 1.82) is 0 Å². The third-order valence-corrected chi connectivity index (χ3v) is 5.10. The van der Waals surface area contributed by atoms with Crippen LogP contribution in [0.4, 0.5) is 0 Å². The molecule has 0 aliphatic carbocycles. The third kappa shape index (κ3) is 4.30. The van der Waals surface area contributed by atoms with Crippen molar-refractivity contribution >= 4 is 5.91 Å². The van der Waals surface area contributed by atoms with Crippen LogP contribution in [0.25, 0.3) is 0 Å². The van der Waals surface area contributed by atoms with Gasteiger partial charge in [0.1, 0.15) is 0 Å². The Kier molecular flexibility index (Phi) is 5.62. The number of piperazine rings is 1. The van der Waals surface area contributed by atoms with E-state index in [1.165, 1.54) is 19.3 Å². The first-order valence-electron chi connectivity index (χ1n) is 8.85. The Morgan fingerprint density at radius 2 is 1.96 bits per heavy atom. The van der Waals surface area contributed by atoms with Crippen LogP contribution < -0.4 is 0 Å². The minimum absolute atomic E-state index is 0.0971. The van der Waals surface area contributed by atoms with Gasteiger partial charge in [0.25, 0.3) is 0 Å². The molecule has 1 aromatic rings. The highest BCUT2D eigenvalue weighted by Crippen LogP contribution is 2.18. The number of amides is 1. The van der Waals surface area contributed by atoms with Crippen molar-refractivity contribution in [3.63, 3.8) is 0 Å². The van der Waals surface area contributed by atoms with E-state index < -0.39 is 0 Å². The fourth-order valence-electron chi connectivity index (χ4n) is 3.62. The molecule has 2 fully saturated rings. The molecule has 5 nitrogen and oxygen atoms in total. The van der Waals surface area contributed by atoms with E-state index in [0.717, 1.165) is 51.4 Å². The van der Waals surface area contributed by atoms with Gasteiger partial charge in [-0.3, -0.25) is 19.6 Å². The van der Waals surface area contributed by atoms with E-state index >= 15 is 0 Å². The summed E-state index contributed by atoms with van der Waals surface area (Å²) in [4.78, 5) is 23.9. The summed E-state index contributed by atoms with van der Waals surface area (Å²) in [5.74, 6) is 0.340. The molecule has 0 radical (unpaired) electrons. The highest BCUT2D eigenvalue weighted by Gasteiger charge is 2.30. The lowest BCUT2D eigenvalue weighted by Gasteiger charge is -2.37. The summed E-state index contributed by atoms with van der Waals surface area (Å²) in [5.41, 5.74) is 1.11. The van der Waals surface area contributed by atoms with E-state index in [1.54, 1.807) is 0 Å². The van der Waals surface area contributed by atoms with Gasteiger partial charge >= 0.3 is 0 Å². The Balaban J connectivity index is 1.51. The maximum absolute atomic E-state index is 12.8. The van der Waals surface area contributed by atoms with Crippen LogP contribution in [-0.2, 0) is 11.3 Å². The second kappa shape index (κ2) is 7.88. The van der Waals surface area contributed by atoms with Crippen molar-refractivity contribution in [1.82, 2.24) is 19.7 Å². The van der Waals surface area contributed by atoms with Crippen LogP contribution in [0.15, 0.2) is 24.4 Å². The molecule has 5 heteroatoms. The number of nitrogens with zero attached hydrogens (tertiary/aromatic N) is 4. The Bertz CT molecular complexity index is 499. The minimum atomic E-state index is 0.0971. The van der Waals surface area contributed by atoms with Crippen molar-refractivity contribution in [2.75, 3.05) is 39.8 Å². The van der Waals surface area contributed by atoms with Gasteiger partial charge < -0.3 is 4.90 Å². The largest absolute Gasteiger partial charge is 0.339 e.